The second kappa shape index (κ2) is 62.7. The molecule has 0 radical (unpaired) electrons. The highest BCUT2D eigenvalue weighted by Crippen LogP contribution is 2.18. The molecule has 0 aliphatic rings. The molecular weight excluding hydrogens is 901 g/mol. The normalized spacial score (nSPS) is 12.0. The summed E-state index contributed by atoms with van der Waals surface area (Å²) in [5.74, 6) is -0.836. The van der Waals surface area contributed by atoms with Crippen LogP contribution in [0.1, 0.15) is 380 Å². The van der Waals surface area contributed by atoms with Gasteiger partial charge in [-0.15, -0.1) is 0 Å². The molecule has 0 aliphatic carbocycles. The molecule has 0 heterocycles. The van der Waals surface area contributed by atoms with Crippen LogP contribution in [-0.2, 0) is 28.6 Å². The molecule has 1 unspecified atom stereocenters. The van der Waals surface area contributed by atoms with E-state index in [9.17, 15) is 14.4 Å². The van der Waals surface area contributed by atoms with E-state index in [4.69, 9.17) is 14.2 Å². The maximum absolute atomic E-state index is 12.9. The molecule has 6 nitrogen and oxygen atoms in total. The number of unbranched alkanes of at least 4 members (excludes halogenated alkanes) is 49. The number of hydrogen-bond acceptors (Lipinski definition) is 6. The van der Waals surface area contributed by atoms with Crippen molar-refractivity contribution in [3.8, 4) is 0 Å². The van der Waals surface area contributed by atoms with Crippen LogP contribution in [0, 0.1) is 0 Å². The number of carbonyl (C=O) groups excluding carboxylic acids is 3. The molecule has 6 heteroatoms. The van der Waals surface area contributed by atoms with E-state index in [0.717, 1.165) is 57.8 Å². The third-order valence-corrected chi connectivity index (χ3v) is 15.3. The van der Waals surface area contributed by atoms with Gasteiger partial charge in [-0.2, -0.15) is 0 Å². The van der Waals surface area contributed by atoms with Gasteiger partial charge >= 0.3 is 17.9 Å². The first-order valence-electron chi connectivity index (χ1n) is 33.2. The van der Waals surface area contributed by atoms with E-state index >= 15 is 0 Å². The summed E-state index contributed by atoms with van der Waals surface area (Å²) in [7, 11) is 0. The van der Waals surface area contributed by atoms with Crippen molar-refractivity contribution in [1.82, 2.24) is 0 Å². The van der Waals surface area contributed by atoms with Gasteiger partial charge in [-0.05, 0) is 44.9 Å². The molecule has 1 atom stereocenters. The minimum atomic E-state index is -0.763. The fraction of sp³-hybridized carbons (Fsp3) is 0.925. The maximum atomic E-state index is 12.9. The van der Waals surface area contributed by atoms with Gasteiger partial charge in [-0.3, -0.25) is 14.4 Å². The van der Waals surface area contributed by atoms with Gasteiger partial charge in [0.1, 0.15) is 13.2 Å². The van der Waals surface area contributed by atoms with Crippen LogP contribution in [0.25, 0.3) is 0 Å². The quantitative estimate of drug-likeness (QED) is 0.0261. The lowest BCUT2D eigenvalue weighted by molar-refractivity contribution is -0.167. The van der Waals surface area contributed by atoms with Gasteiger partial charge in [0, 0.05) is 19.3 Å². The van der Waals surface area contributed by atoms with E-state index < -0.39 is 6.10 Å². The first kappa shape index (κ1) is 71.2. The van der Waals surface area contributed by atoms with Crippen LogP contribution in [0.3, 0.4) is 0 Å². The number of esters is 3. The number of ether oxygens (including phenoxy) is 3. The molecule has 0 amide bonds. The van der Waals surface area contributed by atoms with Gasteiger partial charge in [0.05, 0.1) is 0 Å². The molecule has 0 aromatic rings. The summed E-state index contributed by atoms with van der Waals surface area (Å²) >= 11 is 0. The van der Waals surface area contributed by atoms with Crippen LogP contribution in [0.5, 0.6) is 0 Å². The zero-order valence-corrected chi connectivity index (χ0v) is 49.7. The Labute approximate surface area is 456 Å². The van der Waals surface area contributed by atoms with Gasteiger partial charge in [0.15, 0.2) is 6.10 Å². The van der Waals surface area contributed by atoms with E-state index in [1.165, 1.54) is 283 Å². The monoisotopic (exact) mass is 1030 g/mol. The van der Waals surface area contributed by atoms with Crippen molar-refractivity contribution in [3.63, 3.8) is 0 Å². The zero-order chi connectivity index (χ0) is 52.9. The molecule has 0 saturated carbocycles. The van der Waals surface area contributed by atoms with E-state index in [0.29, 0.717) is 19.3 Å². The Morgan fingerprint density at radius 1 is 0.260 bits per heavy atom. The van der Waals surface area contributed by atoms with Crippen LogP contribution in [0.4, 0.5) is 0 Å². The number of rotatable bonds is 62. The predicted molar refractivity (Wildman–Crippen MR) is 317 cm³/mol. The number of hydrogen-bond donors (Lipinski definition) is 0. The minimum absolute atomic E-state index is 0.0628. The van der Waals surface area contributed by atoms with Crippen LogP contribution in [0.2, 0.25) is 0 Å². The van der Waals surface area contributed by atoms with E-state index in [-0.39, 0.29) is 31.1 Å². The third-order valence-electron chi connectivity index (χ3n) is 15.3. The summed E-state index contributed by atoms with van der Waals surface area (Å²) in [4.78, 5) is 38.2. The van der Waals surface area contributed by atoms with Crippen LogP contribution in [0.15, 0.2) is 12.2 Å². The van der Waals surface area contributed by atoms with E-state index in [1.54, 1.807) is 0 Å². The van der Waals surface area contributed by atoms with Crippen molar-refractivity contribution >= 4 is 17.9 Å². The topological polar surface area (TPSA) is 78.9 Å². The van der Waals surface area contributed by atoms with Crippen molar-refractivity contribution in [2.24, 2.45) is 0 Å². The predicted octanol–water partition coefficient (Wildman–Crippen LogP) is 22.4. The highest BCUT2D eigenvalue weighted by atomic mass is 16.6. The lowest BCUT2D eigenvalue weighted by Crippen LogP contribution is -2.30. The molecule has 0 aromatic carbocycles. The molecule has 0 saturated heterocycles. The lowest BCUT2D eigenvalue weighted by atomic mass is 10.0. The van der Waals surface area contributed by atoms with Crippen LogP contribution < -0.4 is 0 Å². The third kappa shape index (κ3) is 60.9. The molecule has 0 N–H and O–H groups in total. The number of carbonyl (C=O) groups is 3. The Morgan fingerprint density at radius 2 is 0.452 bits per heavy atom. The average Bonchev–Trinajstić information content (AvgIpc) is 3.39. The molecule has 0 spiro atoms. The van der Waals surface area contributed by atoms with Crippen molar-refractivity contribution < 1.29 is 28.6 Å². The molecular formula is C67H128O6. The van der Waals surface area contributed by atoms with Crippen molar-refractivity contribution in [3.05, 3.63) is 12.2 Å². The summed E-state index contributed by atoms with van der Waals surface area (Å²) in [6.45, 7) is 6.69. The lowest BCUT2D eigenvalue weighted by Gasteiger charge is -2.18. The van der Waals surface area contributed by atoms with Gasteiger partial charge < -0.3 is 14.2 Å². The molecule has 0 bridgehead atoms. The Balaban J connectivity index is 4.06. The number of allylic oxidation sites excluding steroid dienone is 2. The van der Waals surface area contributed by atoms with Crippen molar-refractivity contribution in [1.29, 1.82) is 0 Å². The highest BCUT2D eigenvalue weighted by Gasteiger charge is 2.19. The maximum Gasteiger partial charge on any atom is 0.306 e. The van der Waals surface area contributed by atoms with Crippen molar-refractivity contribution in [2.45, 2.75) is 386 Å². The molecule has 0 fully saturated rings. The summed E-state index contributed by atoms with van der Waals surface area (Å²) in [6, 6.07) is 0. The first-order chi connectivity index (χ1) is 36.0. The van der Waals surface area contributed by atoms with E-state index in [1.807, 2.05) is 0 Å². The molecule has 0 aromatic heterocycles. The summed E-state index contributed by atoms with van der Waals surface area (Å²) in [5, 5.41) is 0. The van der Waals surface area contributed by atoms with Gasteiger partial charge in [0.2, 0.25) is 0 Å². The fourth-order valence-corrected chi connectivity index (χ4v) is 10.3. The second-order valence-corrected chi connectivity index (χ2v) is 22.7. The standard InChI is InChI=1S/C67H128O6/c1-4-7-10-13-16-19-21-23-25-27-28-29-30-31-32-33-34-35-36-37-38-40-41-43-45-48-51-54-57-60-66(69)72-63-64(62-71-65(68)59-56-53-50-47-18-15-12-9-6-3)73-67(70)61-58-55-52-49-46-44-42-39-26-24-22-20-17-14-11-8-5-2/h27-28,64H,4-26,29-63H2,1-3H3/b28-27-. The summed E-state index contributed by atoms with van der Waals surface area (Å²) in [5.41, 5.74) is 0. The Kier molecular flexibility index (Phi) is 61.1. The minimum Gasteiger partial charge on any atom is -0.462 e. The average molecular weight is 1030 g/mol. The van der Waals surface area contributed by atoms with Crippen LogP contribution in [-0.4, -0.2) is 37.2 Å². The Morgan fingerprint density at radius 3 is 0.685 bits per heavy atom. The largest absolute Gasteiger partial charge is 0.462 e. The smallest absolute Gasteiger partial charge is 0.306 e. The molecule has 432 valence electrons. The molecule has 73 heavy (non-hydrogen) atoms. The molecule has 0 rings (SSSR count). The first-order valence-corrected chi connectivity index (χ1v) is 33.2. The Bertz CT molecular complexity index is 1130. The van der Waals surface area contributed by atoms with E-state index in [2.05, 4.69) is 32.9 Å². The van der Waals surface area contributed by atoms with Crippen molar-refractivity contribution in [2.75, 3.05) is 13.2 Å². The van der Waals surface area contributed by atoms with Gasteiger partial charge in [-0.1, -0.05) is 328 Å². The fourth-order valence-electron chi connectivity index (χ4n) is 10.3. The SMILES string of the molecule is CCCCCCCCCC/C=C\CCCCCCCCCCCCCCCCCCCC(=O)OCC(COC(=O)CCCCCCCCCCC)OC(=O)CCCCCCCCCCCCCCCCCCC. The summed E-state index contributed by atoms with van der Waals surface area (Å²) < 4.78 is 16.9. The summed E-state index contributed by atoms with van der Waals surface area (Å²) in [6.07, 6.45) is 73.9. The zero-order valence-electron chi connectivity index (χ0n) is 49.7. The second-order valence-electron chi connectivity index (χ2n) is 22.7. The highest BCUT2D eigenvalue weighted by molar-refractivity contribution is 5.71. The van der Waals surface area contributed by atoms with Crippen LogP contribution >= 0.6 is 0 Å². The van der Waals surface area contributed by atoms with Gasteiger partial charge in [-0.25, -0.2) is 0 Å². The Hall–Kier alpha value is -1.85. The molecule has 0 aliphatic heterocycles. The van der Waals surface area contributed by atoms with Gasteiger partial charge in [0.25, 0.3) is 0 Å².